The molecule has 1 aliphatic heterocycles. The molecule has 0 unspecified atom stereocenters. The van der Waals surface area contributed by atoms with Crippen LogP contribution in [0.1, 0.15) is 10.4 Å². The van der Waals surface area contributed by atoms with Gasteiger partial charge < -0.3 is 10.0 Å². The van der Waals surface area contributed by atoms with Gasteiger partial charge in [0.15, 0.2) is 0 Å². The van der Waals surface area contributed by atoms with Crippen LogP contribution in [0.25, 0.3) is 10.1 Å². The Hall–Kier alpha value is -1.07. The molecular weight excluding hydrogens is 302 g/mol. The smallest absolute Gasteiger partial charge is 0.407 e. The lowest BCUT2D eigenvalue weighted by molar-refractivity contribution is 0.140. The first-order chi connectivity index (χ1) is 8.15. The van der Waals surface area contributed by atoms with Gasteiger partial charge in [-0.1, -0.05) is 22.0 Å². The molecule has 5 heteroatoms. The Morgan fingerprint density at radius 2 is 2.29 bits per heavy atom. The highest BCUT2D eigenvalue weighted by molar-refractivity contribution is 9.10. The average molecular weight is 312 g/mol. The van der Waals surface area contributed by atoms with E-state index in [0.29, 0.717) is 13.1 Å². The van der Waals surface area contributed by atoms with Crippen molar-refractivity contribution < 1.29 is 9.90 Å². The highest BCUT2D eigenvalue weighted by Crippen LogP contribution is 2.36. The summed E-state index contributed by atoms with van der Waals surface area (Å²) in [5.41, 5.74) is 1.19. The van der Waals surface area contributed by atoms with E-state index in [1.54, 1.807) is 11.3 Å². The first kappa shape index (κ1) is 11.0. The maximum Gasteiger partial charge on any atom is 0.407 e. The molecule has 17 heavy (non-hydrogen) atoms. The average Bonchev–Trinajstić information content (AvgIpc) is 2.64. The number of fused-ring (bicyclic) bond motifs is 3. The third-order valence-electron chi connectivity index (χ3n) is 3.07. The minimum absolute atomic E-state index is 0.520. The molecule has 1 N–H and O–H groups in total. The Bertz CT molecular complexity index is 608. The zero-order chi connectivity index (χ0) is 12.0. The standard InChI is InChI=1S/C12H10BrNO2S/c13-7-1-2-8-9-6-14(12(15)16)4-3-10(9)17-11(8)5-7/h1-2,5H,3-4,6H2,(H,15,16). The number of thiophene rings is 1. The van der Waals surface area contributed by atoms with Gasteiger partial charge in [-0.25, -0.2) is 4.79 Å². The first-order valence-corrected chi connectivity index (χ1v) is 6.94. The van der Waals surface area contributed by atoms with Gasteiger partial charge in [-0.05, 0) is 29.5 Å². The van der Waals surface area contributed by atoms with E-state index in [1.807, 2.05) is 6.07 Å². The van der Waals surface area contributed by atoms with Gasteiger partial charge in [-0.15, -0.1) is 11.3 Å². The lowest BCUT2D eigenvalue weighted by Crippen LogP contribution is -2.34. The molecule has 1 amide bonds. The summed E-state index contributed by atoms with van der Waals surface area (Å²) in [4.78, 5) is 13.8. The third-order valence-corrected chi connectivity index (χ3v) is 4.81. The van der Waals surface area contributed by atoms with Crippen molar-refractivity contribution in [2.45, 2.75) is 13.0 Å². The zero-order valence-electron chi connectivity index (χ0n) is 8.94. The van der Waals surface area contributed by atoms with Crippen LogP contribution in [-0.2, 0) is 13.0 Å². The summed E-state index contributed by atoms with van der Waals surface area (Å²) < 4.78 is 2.30. The summed E-state index contributed by atoms with van der Waals surface area (Å²) in [5.74, 6) is 0. The van der Waals surface area contributed by atoms with Crippen LogP contribution in [0.3, 0.4) is 0 Å². The summed E-state index contributed by atoms with van der Waals surface area (Å²) in [7, 11) is 0. The van der Waals surface area contributed by atoms with Crippen LogP contribution in [0.2, 0.25) is 0 Å². The highest BCUT2D eigenvalue weighted by Gasteiger charge is 2.23. The van der Waals surface area contributed by atoms with E-state index in [1.165, 1.54) is 25.4 Å². The van der Waals surface area contributed by atoms with Crippen molar-refractivity contribution in [2.75, 3.05) is 6.54 Å². The SMILES string of the molecule is O=C(O)N1CCc2sc3cc(Br)ccc3c2C1. The largest absolute Gasteiger partial charge is 0.465 e. The summed E-state index contributed by atoms with van der Waals surface area (Å²) >= 11 is 5.24. The van der Waals surface area contributed by atoms with Crippen LogP contribution in [0.4, 0.5) is 4.79 Å². The second kappa shape index (κ2) is 3.99. The molecule has 0 spiro atoms. The van der Waals surface area contributed by atoms with E-state index < -0.39 is 6.09 Å². The topological polar surface area (TPSA) is 40.5 Å². The van der Waals surface area contributed by atoms with Gasteiger partial charge in [-0.2, -0.15) is 0 Å². The van der Waals surface area contributed by atoms with Gasteiger partial charge in [0.2, 0.25) is 0 Å². The number of hydrogen-bond donors (Lipinski definition) is 1. The van der Waals surface area contributed by atoms with Gasteiger partial charge in [0.1, 0.15) is 0 Å². The molecule has 0 radical (unpaired) electrons. The van der Waals surface area contributed by atoms with Crippen LogP contribution in [0.15, 0.2) is 22.7 Å². The van der Waals surface area contributed by atoms with E-state index >= 15 is 0 Å². The Morgan fingerprint density at radius 3 is 3.06 bits per heavy atom. The number of benzene rings is 1. The Morgan fingerprint density at radius 1 is 1.47 bits per heavy atom. The van der Waals surface area contributed by atoms with Crippen molar-refractivity contribution in [3.8, 4) is 0 Å². The molecule has 1 aromatic heterocycles. The van der Waals surface area contributed by atoms with Gasteiger partial charge in [0.25, 0.3) is 0 Å². The van der Waals surface area contributed by atoms with E-state index in [-0.39, 0.29) is 0 Å². The van der Waals surface area contributed by atoms with Crippen molar-refractivity contribution in [1.29, 1.82) is 0 Å². The number of halogens is 1. The predicted molar refractivity (Wildman–Crippen MR) is 71.7 cm³/mol. The molecule has 0 saturated heterocycles. The quantitative estimate of drug-likeness (QED) is 0.806. The minimum atomic E-state index is -0.827. The Balaban J connectivity index is 2.12. The molecule has 2 heterocycles. The molecule has 0 aliphatic carbocycles. The van der Waals surface area contributed by atoms with Crippen LogP contribution in [-0.4, -0.2) is 22.6 Å². The minimum Gasteiger partial charge on any atom is -0.465 e. The molecule has 3 rings (SSSR count). The fourth-order valence-electron chi connectivity index (χ4n) is 2.22. The van der Waals surface area contributed by atoms with E-state index in [9.17, 15) is 4.79 Å². The van der Waals surface area contributed by atoms with Crippen LogP contribution < -0.4 is 0 Å². The molecular formula is C12H10BrNO2S. The Labute approximate surface area is 111 Å². The number of amides is 1. The van der Waals surface area contributed by atoms with Gasteiger partial charge in [-0.3, -0.25) is 0 Å². The van der Waals surface area contributed by atoms with Crippen molar-refractivity contribution in [3.63, 3.8) is 0 Å². The molecule has 1 aliphatic rings. The van der Waals surface area contributed by atoms with E-state index in [2.05, 4.69) is 28.1 Å². The second-order valence-electron chi connectivity index (χ2n) is 4.10. The van der Waals surface area contributed by atoms with E-state index in [4.69, 9.17) is 5.11 Å². The summed E-state index contributed by atoms with van der Waals surface area (Å²) in [5, 5.41) is 10.2. The molecule has 2 aromatic rings. The Kier molecular flexibility index (Phi) is 2.60. The molecule has 0 saturated carbocycles. The molecule has 1 aromatic carbocycles. The lowest BCUT2D eigenvalue weighted by atomic mass is 10.1. The van der Waals surface area contributed by atoms with Gasteiger partial charge in [0, 0.05) is 20.6 Å². The molecule has 0 fully saturated rings. The molecule has 0 atom stereocenters. The van der Waals surface area contributed by atoms with Crippen LogP contribution in [0.5, 0.6) is 0 Å². The van der Waals surface area contributed by atoms with Gasteiger partial charge in [0.05, 0.1) is 6.54 Å². The number of rotatable bonds is 0. The maximum absolute atomic E-state index is 11.0. The maximum atomic E-state index is 11.0. The van der Waals surface area contributed by atoms with Crippen molar-refractivity contribution >= 4 is 43.4 Å². The molecule has 88 valence electrons. The number of carboxylic acid groups (broad SMARTS) is 1. The number of hydrogen-bond acceptors (Lipinski definition) is 2. The van der Waals surface area contributed by atoms with Crippen LogP contribution >= 0.6 is 27.3 Å². The lowest BCUT2D eigenvalue weighted by Gasteiger charge is -2.24. The first-order valence-electron chi connectivity index (χ1n) is 5.33. The monoisotopic (exact) mass is 311 g/mol. The normalized spacial score (nSPS) is 15.0. The van der Waals surface area contributed by atoms with E-state index in [0.717, 1.165) is 10.9 Å². The van der Waals surface area contributed by atoms with Crippen molar-refractivity contribution in [3.05, 3.63) is 33.1 Å². The summed E-state index contributed by atoms with van der Waals surface area (Å²) in [6, 6.07) is 6.18. The summed E-state index contributed by atoms with van der Waals surface area (Å²) in [6.07, 6.45) is 0.00520. The molecule has 3 nitrogen and oxygen atoms in total. The molecule has 0 bridgehead atoms. The zero-order valence-corrected chi connectivity index (χ0v) is 11.3. The highest BCUT2D eigenvalue weighted by atomic mass is 79.9. The summed E-state index contributed by atoms with van der Waals surface area (Å²) in [6.45, 7) is 1.13. The van der Waals surface area contributed by atoms with Crippen molar-refractivity contribution in [2.24, 2.45) is 0 Å². The van der Waals surface area contributed by atoms with Crippen molar-refractivity contribution in [1.82, 2.24) is 4.90 Å². The van der Waals surface area contributed by atoms with Crippen LogP contribution in [0, 0.1) is 0 Å². The predicted octanol–water partition coefficient (Wildman–Crippen LogP) is 3.70. The number of carbonyl (C=O) groups is 1. The third kappa shape index (κ3) is 1.83. The second-order valence-corrected chi connectivity index (χ2v) is 6.15. The van der Waals surface area contributed by atoms with Gasteiger partial charge >= 0.3 is 6.09 Å². The number of nitrogens with zero attached hydrogens (tertiary/aromatic N) is 1. The fourth-order valence-corrected chi connectivity index (χ4v) is 3.98. The fraction of sp³-hybridized carbons (Fsp3) is 0.250.